The molecule has 2 nitrogen and oxygen atoms in total. The summed E-state index contributed by atoms with van der Waals surface area (Å²) in [4.78, 5) is 0. The van der Waals surface area contributed by atoms with Gasteiger partial charge in [0.25, 0.3) is 0 Å². The lowest BCUT2D eigenvalue weighted by Crippen LogP contribution is -2.07. The molecular weight excluding hydrogens is 354 g/mol. The van der Waals surface area contributed by atoms with Crippen molar-refractivity contribution in [2.75, 3.05) is 5.32 Å². The molecule has 0 spiro atoms. The molecule has 0 aromatic heterocycles. The number of phenolic OH excluding ortho intramolecular Hbond substituents is 1. The monoisotopic (exact) mass is 363 g/mol. The largest absolute Gasteiger partial charge is 0.505 e. The van der Waals surface area contributed by atoms with E-state index < -0.39 is 23.3 Å². The molecule has 0 amide bonds. The number of nitrogens with one attached hydrogen (secondary N) is 1. The molecule has 7 heteroatoms. The highest BCUT2D eigenvalue weighted by molar-refractivity contribution is 9.10. The molecule has 0 heterocycles. The minimum Gasteiger partial charge on any atom is -0.505 e. The van der Waals surface area contributed by atoms with Gasteiger partial charge < -0.3 is 10.4 Å². The normalized spacial score (nSPS) is 11.5. The van der Waals surface area contributed by atoms with Crippen LogP contribution < -0.4 is 5.32 Å². The molecule has 0 fully saturated rings. The van der Waals surface area contributed by atoms with Gasteiger partial charge in [0, 0.05) is 16.7 Å². The van der Waals surface area contributed by atoms with Crippen LogP contribution in [0.4, 0.5) is 23.2 Å². The predicted octanol–water partition coefficient (Wildman–Crippen LogP) is 4.92. The van der Waals surface area contributed by atoms with Crippen LogP contribution in [0, 0.1) is 5.82 Å². The van der Waals surface area contributed by atoms with Crippen molar-refractivity contribution in [1.82, 2.24) is 0 Å². The number of rotatable bonds is 3. The number of hydrogen-bond donors (Lipinski definition) is 2. The van der Waals surface area contributed by atoms with Gasteiger partial charge in [-0.2, -0.15) is 13.2 Å². The minimum absolute atomic E-state index is 0.122. The summed E-state index contributed by atoms with van der Waals surface area (Å²) in [7, 11) is 0. The van der Waals surface area contributed by atoms with E-state index in [1.165, 1.54) is 18.2 Å². The van der Waals surface area contributed by atoms with Crippen molar-refractivity contribution in [3.05, 3.63) is 57.8 Å². The molecule has 0 unspecified atom stereocenters. The van der Waals surface area contributed by atoms with E-state index in [0.29, 0.717) is 10.0 Å². The lowest BCUT2D eigenvalue weighted by atomic mass is 10.1. The maximum Gasteiger partial charge on any atom is 0.416 e. The Morgan fingerprint density at radius 3 is 2.43 bits per heavy atom. The molecule has 2 aromatic rings. The SMILES string of the molecule is Oc1ccc(CNc2cc(C(F)(F)F)ccc2Br)cc1F. The summed E-state index contributed by atoms with van der Waals surface area (Å²) in [5.74, 6) is -1.25. The number of aromatic hydroxyl groups is 1. The molecule has 0 radical (unpaired) electrons. The summed E-state index contributed by atoms with van der Waals surface area (Å²) in [5, 5.41) is 11.9. The number of benzene rings is 2. The molecule has 0 aliphatic heterocycles. The Morgan fingerprint density at radius 1 is 1.10 bits per heavy atom. The highest BCUT2D eigenvalue weighted by atomic mass is 79.9. The summed E-state index contributed by atoms with van der Waals surface area (Å²) in [5.41, 5.74) is -0.0296. The Hall–Kier alpha value is -1.76. The standard InChI is InChI=1S/C14H10BrF4NO/c15-10-3-2-9(14(17,18)19)6-12(10)20-7-8-1-4-13(21)11(16)5-8/h1-6,20-21H,7H2. The second-order valence-corrected chi connectivity index (χ2v) is 5.19. The van der Waals surface area contributed by atoms with E-state index in [4.69, 9.17) is 5.11 Å². The molecular formula is C14H10BrF4NO. The van der Waals surface area contributed by atoms with Crippen molar-refractivity contribution < 1.29 is 22.7 Å². The van der Waals surface area contributed by atoms with E-state index in [-0.39, 0.29) is 12.2 Å². The van der Waals surface area contributed by atoms with Gasteiger partial charge in [-0.15, -0.1) is 0 Å². The number of phenols is 1. The lowest BCUT2D eigenvalue weighted by molar-refractivity contribution is -0.137. The number of alkyl halides is 3. The lowest BCUT2D eigenvalue weighted by Gasteiger charge is -2.13. The Bertz CT molecular complexity index is 658. The Kier molecular flexibility index (Phi) is 4.41. The first-order valence-corrected chi connectivity index (χ1v) is 6.64. The zero-order valence-corrected chi connectivity index (χ0v) is 12.1. The zero-order valence-electron chi connectivity index (χ0n) is 10.5. The molecule has 21 heavy (non-hydrogen) atoms. The van der Waals surface area contributed by atoms with Crippen molar-refractivity contribution in [2.24, 2.45) is 0 Å². The molecule has 2 rings (SSSR count). The van der Waals surface area contributed by atoms with Gasteiger partial charge in [0.2, 0.25) is 0 Å². The van der Waals surface area contributed by atoms with E-state index in [0.717, 1.165) is 18.2 Å². The first-order chi connectivity index (χ1) is 9.77. The highest BCUT2D eigenvalue weighted by Crippen LogP contribution is 2.34. The van der Waals surface area contributed by atoms with Crippen LogP contribution >= 0.6 is 15.9 Å². The van der Waals surface area contributed by atoms with Crippen LogP contribution in [0.1, 0.15) is 11.1 Å². The highest BCUT2D eigenvalue weighted by Gasteiger charge is 2.30. The summed E-state index contributed by atoms with van der Waals surface area (Å²) >= 11 is 3.15. The van der Waals surface area contributed by atoms with Gasteiger partial charge >= 0.3 is 6.18 Å². The second-order valence-electron chi connectivity index (χ2n) is 4.33. The van der Waals surface area contributed by atoms with Gasteiger partial charge in [-0.3, -0.25) is 0 Å². The third kappa shape index (κ3) is 3.87. The molecule has 112 valence electrons. The van der Waals surface area contributed by atoms with Crippen LogP contribution in [0.2, 0.25) is 0 Å². The molecule has 0 atom stereocenters. The van der Waals surface area contributed by atoms with Crippen molar-refractivity contribution in [1.29, 1.82) is 0 Å². The van der Waals surface area contributed by atoms with Crippen LogP contribution in [0.15, 0.2) is 40.9 Å². The Morgan fingerprint density at radius 2 is 1.81 bits per heavy atom. The molecule has 2 aromatic carbocycles. The van der Waals surface area contributed by atoms with E-state index in [1.807, 2.05) is 0 Å². The van der Waals surface area contributed by atoms with Crippen LogP contribution in [0.25, 0.3) is 0 Å². The molecule has 0 saturated heterocycles. The second kappa shape index (κ2) is 5.93. The van der Waals surface area contributed by atoms with Gasteiger partial charge in [0.05, 0.1) is 5.56 Å². The van der Waals surface area contributed by atoms with Gasteiger partial charge in [0.1, 0.15) is 0 Å². The Balaban J connectivity index is 2.17. The predicted molar refractivity (Wildman–Crippen MR) is 74.5 cm³/mol. The van der Waals surface area contributed by atoms with Crippen LogP contribution in [-0.4, -0.2) is 5.11 Å². The Labute approximate surface area is 126 Å². The molecule has 0 aliphatic carbocycles. The molecule has 2 N–H and O–H groups in total. The maximum absolute atomic E-state index is 13.2. The van der Waals surface area contributed by atoms with Crippen LogP contribution in [0.3, 0.4) is 0 Å². The van der Waals surface area contributed by atoms with Crippen LogP contribution in [-0.2, 0) is 12.7 Å². The third-order valence-corrected chi connectivity index (χ3v) is 3.48. The van der Waals surface area contributed by atoms with Crippen molar-refractivity contribution >= 4 is 21.6 Å². The summed E-state index contributed by atoms with van der Waals surface area (Å²) in [6.45, 7) is 0.122. The topological polar surface area (TPSA) is 32.3 Å². The fourth-order valence-electron chi connectivity index (χ4n) is 1.69. The maximum atomic E-state index is 13.2. The van der Waals surface area contributed by atoms with Gasteiger partial charge in [-0.1, -0.05) is 6.07 Å². The average molecular weight is 364 g/mol. The summed E-state index contributed by atoms with van der Waals surface area (Å²) in [6.07, 6.45) is -4.43. The molecule has 0 bridgehead atoms. The van der Waals surface area contributed by atoms with Crippen molar-refractivity contribution in [2.45, 2.75) is 12.7 Å². The van der Waals surface area contributed by atoms with E-state index >= 15 is 0 Å². The van der Waals surface area contributed by atoms with Gasteiger partial charge in [-0.25, -0.2) is 4.39 Å². The van der Waals surface area contributed by atoms with E-state index in [9.17, 15) is 17.6 Å². The number of hydrogen-bond acceptors (Lipinski definition) is 2. The van der Waals surface area contributed by atoms with E-state index in [1.54, 1.807) is 0 Å². The first-order valence-electron chi connectivity index (χ1n) is 5.85. The number of anilines is 1. The molecule has 0 saturated carbocycles. The smallest absolute Gasteiger partial charge is 0.416 e. The first kappa shape index (κ1) is 15.6. The van der Waals surface area contributed by atoms with Gasteiger partial charge in [0.15, 0.2) is 11.6 Å². The number of halogens is 5. The van der Waals surface area contributed by atoms with Crippen molar-refractivity contribution in [3.8, 4) is 5.75 Å². The average Bonchev–Trinajstić information content (AvgIpc) is 2.40. The zero-order chi connectivity index (χ0) is 15.6. The third-order valence-electron chi connectivity index (χ3n) is 2.79. The minimum atomic E-state index is -4.43. The molecule has 0 aliphatic rings. The summed E-state index contributed by atoms with van der Waals surface area (Å²) in [6, 6.07) is 7.02. The fraction of sp³-hybridized carbons (Fsp3) is 0.143. The van der Waals surface area contributed by atoms with Crippen molar-refractivity contribution in [3.63, 3.8) is 0 Å². The van der Waals surface area contributed by atoms with E-state index in [2.05, 4.69) is 21.2 Å². The van der Waals surface area contributed by atoms with Gasteiger partial charge in [-0.05, 0) is 51.8 Å². The summed E-state index contributed by atoms with van der Waals surface area (Å²) < 4.78 is 51.6. The fourth-order valence-corrected chi connectivity index (χ4v) is 2.08. The van der Waals surface area contributed by atoms with Crippen LogP contribution in [0.5, 0.6) is 5.75 Å². The quantitative estimate of drug-likeness (QED) is 0.758.